The van der Waals surface area contributed by atoms with E-state index in [1.807, 2.05) is 0 Å². The quantitative estimate of drug-likeness (QED) is 0.570. The van der Waals surface area contributed by atoms with Crippen LogP contribution in [0.3, 0.4) is 0 Å². The molecule has 0 aromatic heterocycles. The monoisotopic (exact) mass is 171 g/mol. The first-order chi connectivity index (χ1) is 4.48. The van der Waals surface area contributed by atoms with E-state index in [2.05, 4.69) is 38.5 Å². The summed E-state index contributed by atoms with van der Waals surface area (Å²) in [5, 5.41) is 0. The Hall–Kier alpha value is 0.174. The van der Waals surface area contributed by atoms with Gasteiger partial charge in [-0.2, -0.15) is 0 Å². The van der Waals surface area contributed by atoms with Crippen LogP contribution in [0.25, 0.3) is 0 Å². The molecule has 0 fully saturated rings. The van der Waals surface area contributed by atoms with Gasteiger partial charge in [0, 0.05) is 8.80 Å². The predicted molar refractivity (Wildman–Crippen MR) is 54.8 cm³/mol. The van der Waals surface area contributed by atoms with Crippen molar-refractivity contribution in [3.05, 3.63) is 12.3 Å². The molecule has 1 radical (unpaired) electrons. The van der Waals surface area contributed by atoms with E-state index >= 15 is 0 Å². The molecular weight excluding hydrogens is 152 g/mol. The van der Waals surface area contributed by atoms with Gasteiger partial charge in [-0.25, -0.2) is 0 Å². The largest absolute Gasteiger partial charge is 0.107 e. The van der Waals surface area contributed by atoms with Crippen LogP contribution in [-0.4, -0.2) is 16.9 Å². The van der Waals surface area contributed by atoms with E-state index in [9.17, 15) is 0 Å². The highest BCUT2D eigenvalue weighted by molar-refractivity contribution is 6.83. The Bertz CT molecular complexity index is 106. The van der Waals surface area contributed by atoms with Crippen LogP contribution in [0, 0.1) is 0 Å². The van der Waals surface area contributed by atoms with Gasteiger partial charge in [-0.05, 0) is 0 Å². The smallest absolute Gasteiger partial charge is 0.0706 e. The Morgan fingerprint density at radius 1 is 1.40 bits per heavy atom. The van der Waals surface area contributed by atoms with E-state index in [0.29, 0.717) is 0 Å². The Morgan fingerprint density at radius 3 is 2.20 bits per heavy atom. The molecule has 0 amide bonds. The fourth-order valence-electron chi connectivity index (χ4n) is 0.674. The average molecular weight is 171 g/mol. The second kappa shape index (κ2) is 4.14. The number of rotatable bonds is 4. The lowest BCUT2D eigenvalue weighted by Crippen LogP contribution is -2.23. The van der Waals surface area contributed by atoms with Crippen molar-refractivity contribution in [2.24, 2.45) is 0 Å². The highest BCUT2D eigenvalue weighted by Gasteiger charge is 2.15. The van der Waals surface area contributed by atoms with Gasteiger partial charge in [0.15, 0.2) is 0 Å². The zero-order valence-electron chi connectivity index (χ0n) is 7.70. The Kier molecular flexibility index (Phi) is 4.21. The third kappa shape index (κ3) is 5.00. The van der Waals surface area contributed by atoms with Gasteiger partial charge < -0.3 is 0 Å². The molecule has 0 heterocycles. The van der Waals surface area contributed by atoms with E-state index in [1.165, 1.54) is 12.1 Å². The van der Waals surface area contributed by atoms with Crippen LogP contribution in [0.5, 0.6) is 0 Å². The highest BCUT2D eigenvalue weighted by Crippen LogP contribution is 2.14. The van der Waals surface area contributed by atoms with Crippen LogP contribution in [0.4, 0.5) is 0 Å². The van der Waals surface area contributed by atoms with Crippen molar-refractivity contribution in [1.82, 2.24) is 0 Å². The van der Waals surface area contributed by atoms with Crippen LogP contribution < -0.4 is 0 Å². The van der Waals surface area contributed by atoms with Crippen molar-refractivity contribution in [2.45, 2.75) is 38.3 Å². The Morgan fingerprint density at radius 2 is 1.90 bits per heavy atom. The molecule has 0 unspecified atom stereocenters. The van der Waals surface area contributed by atoms with Gasteiger partial charge in [-0.1, -0.05) is 38.3 Å². The standard InChI is InChI=1S/C8H19Si2/c1-6-10(4,5)8-7-9(2)3/h6H,1,7-8H2,2-5H3. The van der Waals surface area contributed by atoms with E-state index in [-0.39, 0.29) is 8.80 Å². The molecule has 2 heteroatoms. The maximum absolute atomic E-state index is 3.88. The van der Waals surface area contributed by atoms with Crippen molar-refractivity contribution < 1.29 is 0 Å². The first kappa shape index (κ1) is 10.2. The minimum absolute atomic E-state index is 0.00955. The third-order valence-electron chi connectivity index (χ3n) is 1.82. The third-order valence-corrected chi connectivity index (χ3v) is 6.22. The van der Waals surface area contributed by atoms with Crippen LogP contribution in [0.15, 0.2) is 12.3 Å². The fourth-order valence-corrected chi connectivity index (χ4v) is 5.46. The molecule has 0 N–H and O–H groups in total. The molecule has 0 bridgehead atoms. The molecule has 0 aromatic carbocycles. The number of hydrogen-bond donors (Lipinski definition) is 0. The molecular formula is C8H19Si2. The van der Waals surface area contributed by atoms with Crippen molar-refractivity contribution in [3.8, 4) is 0 Å². The molecule has 0 spiro atoms. The van der Waals surface area contributed by atoms with Gasteiger partial charge in [-0.15, -0.1) is 12.3 Å². The normalized spacial score (nSPS) is 12.1. The van der Waals surface area contributed by atoms with Gasteiger partial charge in [0.05, 0.1) is 8.07 Å². The van der Waals surface area contributed by atoms with Gasteiger partial charge >= 0.3 is 0 Å². The summed E-state index contributed by atoms with van der Waals surface area (Å²) < 4.78 is 0. The second-order valence-corrected chi connectivity index (χ2v) is 11.7. The molecule has 0 saturated heterocycles. The van der Waals surface area contributed by atoms with Gasteiger partial charge in [0.1, 0.15) is 0 Å². The Balaban J connectivity index is 3.56. The van der Waals surface area contributed by atoms with E-state index in [4.69, 9.17) is 0 Å². The zero-order chi connectivity index (χ0) is 8.20. The van der Waals surface area contributed by atoms with Crippen molar-refractivity contribution in [2.75, 3.05) is 0 Å². The molecule has 0 saturated carbocycles. The molecule has 0 nitrogen and oxygen atoms in total. The summed E-state index contributed by atoms with van der Waals surface area (Å²) in [6, 6.07) is 2.91. The lowest BCUT2D eigenvalue weighted by molar-refractivity contribution is 1.32. The average Bonchev–Trinajstić information content (AvgIpc) is 1.85. The summed E-state index contributed by atoms with van der Waals surface area (Å²) in [5.74, 6) is 0. The SMILES string of the molecule is C=C[Si](C)(C)CC[Si](C)C. The van der Waals surface area contributed by atoms with Gasteiger partial charge in [0.25, 0.3) is 0 Å². The van der Waals surface area contributed by atoms with Crippen molar-refractivity contribution in [1.29, 1.82) is 0 Å². The first-order valence-corrected chi connectivity index (χ1v) is 9.90. The number of hydrogen-bond acceptors (Lipinski definition) is 0. The molecule has 0 atom stereocenters. The molecule has 59 valence electrons. The molecule has 0 aromatic rings. The first-order valence-electron chi connectivity index (χ1n) is 3.90. The maximum Gasteiger partial charge on any atom is 0.0706 e. The van der Waals surface area contributed by atoms with Crippen LogP contribution in [0.1, 0.15) is 0 Å². The molecule has 0 aliphatic rings. The molecule has 0 aliphatic carbocycles. The summed E-state index contributed by atoms with van der Waals surface area (Å²) in [6.45, 7) is 13.4. The molecule has 0 aliphatic heterocycles. The van der Waals surface area contributed by atoms with E-state index in [0.717, 1.165) is 0 Å². The minimum Gasteiger partial charge on any atom is -0.107 e. The second-order valence-electron chi connectivity index (χ2n) is 3.90. The topological polar surface area (TPSA) is 0 Å². The lowest BCUT2D eigenvalue weighted by atomic mass is 10.9. The molecule has 0 rings (SSSR count). The Labute approximate surface area is 68.0 Å². The van der Waals surface area contributed by atoms with Gasteiger partial charge in [-0.3, -0.25) is 0 Å². The van der Waals surface area contributed by atoms with E-state index in [1.54, 1.807) is 0 Å². The molecule has 10 heavy (non-hydrogen) atoms. The maximum atomic E-state index is 3.88. The fraction of sp³-hybridized carbons (Fsp3) is 0.750. The predicted octanol–water partition coefficient (Wildman–Crippen LogP) is 3.17. The summed E-state index contributed by atoms with van der Waals surface area (Å²) in [6.07, 6.45) is 0. The summed E-state index contributed by atoms with van der Waals surface area (Å²) in [5.41, 5.74) is 2.21. The van der Waals surface area contributed by atoms with E-state index < -0.39 is 8.07 Å². The minimum atomic E-state index is -0.951. The van der Waals surface area contributed by atoms with Gasteiger partial charge in [0.2, 0.25) is 0 Å². The summed E-state index contributed by atoms with van der Waals surface area (Å²) >= 11 is 0. The van der Waals surface area contributed by atoms with Crippen molar-refractivity contribution in [3.63, 3.8) is 0 Å². The summed E-state index contributed by atoms with van der Waals surface area (Å²) in [4.78, 5) is 0. The van der Waals surface area contributed by atoms with Crippen LogP contribution in [0.2, 0.25) is 38.3 Å². The highest BCUT2D eigenvalue weighted by atomic mass is 28.3. The zero-order valence-corrected chi connectivity index (χ0v) is 9.70. The van der Waals surface area contributed by atoms with Crippen molar-refractivity contribution >= 4 is 16.9 Å². The van der Waals surface area contributed by atoms with Crippen LogP contribution in [-0.2, 0) is 0 Å². The summed E-state index contributed by atoms with van der Waals surface area (Å²) in [7, 11) is -0.941. The lowest BCUT2D eigenvalue weighted by Gasteiger charge is -2.17. The van der Waals surface area contributed by atoms with Crippen LogP contribution >= 0.6 is 0 Å².